The van der Waals surface area contributed by atoms with E-state index < -0.39 is 6.10 Å². The summed E-state index contributed by atoms with van der Waals surface area (Å²) in [4.78, 5) is 0. The lowest BCUT2D eigenvalue weighted by molar-refractivity contribution is 0.159. The first-order valence-electron chi connectivity index (χ1n) is 8.81. The van der Waals surface area contributed by atoms with Gasteiger partial charge in [0.2, 0.25) is 0 Å². The van der Waals surface area contributed by atoms with Crippen molar-refractivity contribution in [2.75, 3.05) is 19.8 Å². The molecule has 4 nitrogen and oxygen atoms in total. The van der Waals surface area contributed by atoms with Gasteiger partial charge in [0.1, 0.15) is 12.4 Å². The van der Waals surface area contributed by atoms with Crippen LogP contribution in [0.25, 0.3) is 0 Å². The quantitative estimate of drug-likeness (QED) is 0.620. The number of ether oxygens (including phenoxy) is 1. The molecule has 1 unspecified atom stereocenters. The summed E-state index contributed by atoms with van der Waals surface area (Å²) in [5.74, 6) is 0.779. The highest BCUT2D eigenvalue weighted by atomic mass is 16.5. The molecule has 0 amide bonds. The first-order chi connectivity index (χ1) is 12.0. The van der Waals surface area contributed by atoms with Crippen LogP contribution in [0.1, 0.15) is 37.5 Å². The Bertz CT molecular complexity index is 611. The summed E-state index contributed by atoms with van der Waals surface area (Å²) in [6.07, 6.45) is 1.41. The average Bonchev–Trinajstić information content (AvgIpc) is 2.64. The van der Waals surface area contributed by atoms with Crippen molar-refractivity contribution in [3.8, 4) is 5.75 Å². The first kappa shape index (κ1) is 19.4. The van der Waals surface area contributed by atoms with Gasteiger partial charge in [-0.2, -0.15) is 0 Å². The van der Waals surface area contributed by atoms with Gasteiger partial charge in [0.05, 0.1) is 12.7 Å². The zero-order chi connectivity index (χ0) is 18.1. The van der Waals surface area contributed by atoms with Gasteiger partial charge in [-0.1, -0.05) is 42.5 Å². The lowest BCUT2D eigenvalue weighted by Gasteiger charge is -2.28. The molecule has 0 heterocycles. The molecule has 4 heteroatoms. The fraction of sp³-hybridized carbons (Fsp3) is 0.429. The summed E-state index contributed by atoms with van der Waals surface area (Å²) in [6.45, 7) is 5.19. The van der Waals surface area contributed by atoms with Crippen LogP contribution in [-0.4, -0.2) is 35.5 Å². The molecule has 0 aliphatic heterocycles. The molecule has 25 heavy (non-hydrogen) atoms. The highest BCUT2D eigenvalue weighted by Crippen LogP contribution is 2.18. The summed E-state index contributed by atoms with van der Waals surface area (Å²) >= 11 is 0. The summed E-state index contributed by atoms with van der Waals surface area (Å²) in [5, 5.41) is 22.5. The number of benzene rings is 2. The molecule has 0 spiro atoms. The van der Waals surface area contributed by atoms with Crippen molar-refractivity contribution in [3.63, 3.8) is 0 Å². The zero-order valence-electron chi connectivity index (χ0n) is 15.1. The zero-order valence-corrected chi connectivity index (χ0v) is 15.1. The summed E-state index contributed by atoms with van der Waals surface area (Å²) in [5.41, 5.74) is 2.11. The number of aliphatic hydroxyl groups is 2. The Hall–Kier alpha value is -1.88. The van der Waals surface area contributed by atoms with E-state index in [0.717, 1.165) is 24.2 Å². The maximum Gasteiger partial charge on any atom is 0.119 e. The number of β-amino-alcohol motifs (C(OH)–C–C–N with tert-alkyl or cyclic N) is 1. The molecular weight excluding hydrogens is 314 g/mol. The molecule has 0 saturated carbocycles. The van der Waals surface area contributed by atoms with Crippen LogP contribution in [0.5, 0.6) is 5.75 Å². The third kappa shape index (κ3) is 6.86. The molecule has 0 bridgehead atoms. The van der Waals surface area contributed by atoms with E-state index in [1.807, 2.05) is 42.5 Å². The summed E-state index contributed by atoms with van der Waals surface area (Å²) in [6, 6.07) is 17.7. The molecule has 2 aromatic carbocycles. The normalized spacial score (nSPS) is 12.8. The van der Waals surface area contributed by atoms with Gasteiger partial charge in [0, 0.05) is 12.1 Å². The lowest BCUT2D eigenvalue weighted by Crippen LogP contribution is -2.41. The van der Waals surface area contributed by atoms with Crippen molar-refractivity contribution in [3.05, 3.63) is 65.7 Å². The maximum atomic E-state index is 10.3. The minimum atomic E-state index is -0.497. The van der Waals surface area contributed by atoms with E-state index in [4.69, 9.17) is 9.84 Å². The van der Waals surface area contributed by atoms with Gasteiger partial charge in [-0.15, -0.1) is 0 Å². The molecule has 136 valence electrons. The Morgan fingerprint density at radius 1 is 1.04 bits per heavy atom. The monoisotopic (exact) mass is 343 g/mol. The van der Waals surface area contributed by atoms with E-state index in [2.05, 4.69) is 31.3 Å². The molecule has 0 aliphatic rings. The number of nitrogens with one attached hydrogen (secondary N) is 1. The Balaban J connectivity index is 1.78. The van der Waals surface area contributed by atoms with E-state index in [-0.39, 0.29) is 12.1 Å². The minimum Gasteiger partial charge on any atom is -0.491 e. The Morgan fingerprint density at radius 2 is 1.72 bits per heavy atom. The van der Waals surface area contributed by atoms with Crippen LogP contribution in [0.15, 0.2) is 54.6 Å². The molecule has 3 N–H and O–H groups in total. The topological polar surface area (TPSA) is 61.7 Å². The lowest BCUT2D eigenvalue weighted by atomic mass is 9.94. The van der Waals surface area contributed by atoms with Crippen molar-refractivity contribution < 1.29 is 14.9 Å². The third-order valence-corrected chi connectivity index (χ3v) is 4.28. The van der Waals surface area contributed by atoms with Crippen LogP contribution in [0.2, 0.25) is 0 Å². The van der Waals surface area contributed by atoms with Crippen molar-refractivity contribution in [2.45, 2.75) is 38.3 Å². The van der Waals surface area contributed by atoms with Crippen molar-refractivity contribution in [1.82, 2.24) is 5.32 Å². The fourth-order valence-corrected chi connectivity index (χ4v) is 2.63. The van der Waals surface area contributed by atoms with Crippen LogP contribution in [0, 0.1) is 0 Å². The second kappa shape index (κ2) is 9.56. The molecule has 0 saturated heterocycles. The largest absolute Gasteiger partial charge is 0.491 e. The molecule has 0 fully saturated rings. The van der Waals surface area contributed by atoms with Crippen molar-refractivity contribution in [1.29, 1.82) is 0 Å². The highest BCUT2D eigenvalue weighted by molar-refractivity contribution is 5.27. The predicted octanol–water partition coefficient (Wildman–Crippen LogP) is 3.09. The van der Waals surface area contributed by atoms with Crippen LogP contribution in [-0.2, 0) is 6.42 Å². The molecule has 2 rings (SSSR count). The molecule has 2 aromatic rings. The number of hydrogen-bond acceptors (Lipinski definition) is 4. The molecule has 1 atom stereocenters. The van der Waals surface area contributed by atoms with Crippen molar-refractivity contribution >= 4 is 0 Å². The molecule has 0 aromatic heterocycles. The van der Waals surface area contributed by atoms with Gasteiger partial charge in [0.15, 0.2) is 0 Å². The van der Waals surface area contributed by atoms with Gasteiger partial charge >= 0.3 is 0 Å². The molecular formula is C21H29NO3. The third-order valence-electron chi connectivity index (χ3n) is 4.28. The number of aryl methyl sites for hydroxylation is 1. The number of hydrogen-bond donors (Lipinski definition) is 3. The van der Waals surface area contributed by atoms with Crippen molar-refractivity contribution in [2.24, 2.45) is 0 Å². The predicted molar refractivity (Wildman–Crippen MR) is 101 cm³/mol. The second-order valence-corrected chi connectivity index (χ2v) is 6.91. The first-order valence-corrected chi connectivity index (χ1v) is 8.81. The highest BCUT2D eigenvalue weighted by Gasteiger charge is 2.19. The smallest absolute Gasteiger partial charge is 0.119 e. The summed E-state index contributed by atoms with van der Waals surface area (Å²) in [7, 11) is 0. The van der Waals surface area contributed by atoms with Crippen LogP contribution < -0.4 is 10.1 Å². The van der Waals surface area contributed by atoms with E-state index >= 15 is 0 Å². The molecule has 0 aliphatic carbocycles. The standard InChI is InChI=1S/C21H29NO3/c1-21(2,22-16-20(24)18-6-4-3-5-7-18)13-12-17-8-10-19(11-9-17)25-15-14-23/h3-11,20,22-24H,12-16H2,1-2H3. The second-order valence-electron chi connectivity index (χ2n) is 6.91. The van der Waals surface area contributed by atoms with Crippen LogP contribution in [0.3, 0.4) is 0 Å². The number of aliphatic hydroxyl groups excluding tert-OH is 2. The Morgan fingerprint density at radius 3 is 2.36 bits per heavy atom. The maximum absolute atomic E-state index is 10.3. The fourth-order valence-electron chi connectivity index (χ4n) is 2.63. The number of rotatable bonds is 10. The van der Waals surface area contributed by atoms with Gasteiger partial charge in [-0.25, -0.2) is 0 Å². The minimum absolute atomic E-state index is 0.0242. The van der Waals surface area contributed by atoms with E-state index in [1.54, 1.807) is 0 Å². The van der Waals surface area contributed by atoms with Gasteiger partial charge in [-0.3, -0.25) is 0 Å². The van der Waals surface area contributed by atoms with Gasteiger partial charge < -0.3 is 20.3 Å². The Labute approximate surface area is 150 Å². The van der Waals surface area contributed by atoms with E-state index in [0.29, 0.717) is 13.2 Å². The van der Waals surface area contributed by atoms with Crippen LogP contribution >= 0.6 is 0 Å². The summed E-state index contributed by atoms with van der Waals surface area (Å²) < 4.78 is 5.37. The van der Waals surface area contributed by atoms with E-state index in [9.17, 15) is 5.11 Å². The van der Waals surface area contributed by atoms with Crippen LogP contribution in [0.4, 0.5) is 0 Å². The van der Waals surface area contributed by atoms with E-state index in [1.165, 1.54) is 5.56 Å². The molecule has 0 radical (unpaired) electrons. The van der Waals surface area contributed by atoms with Gasteiger partial charge in [-0.05, 0) is 49.9 Å². The van der Waals surface area contributed by atoms with Gasteiger partial charge in [0.25, 0.3) is 0 Å². The average molecular weight is 343 g/mol. The SMILES string of the molecule is CC(C)(CCc1ccc(OCCO)cc1)NCC(O)c1ccccc1. The Kier molecular flexibility index (Phi) is 7.44.